The van der Waals surface area contributed by atoms with Crippen LogP contribution in [-0.2, 0) is 7.05 Å². The molecule has 0 saturated heterocycles. The summed E-state index contributed by atoms with van der Waals surface area (Å²) in [5.41, 5.74) is 3.07. The van der Waals surface area contributed by atoms with Gasteiger partial charge in [-0.2, -0.15) is 4.98 Å². The van der Waals surface area contributed by atoms with Crippen LogP contribution in [0.25, 0.3) is 33.3 Å². The number of hydrogen-bond acceptors (Lipinski definition) is 6. The summed E-state index contributed by atoms with van der Waals surface area (Å²) < 4.78 is 12.0. The highest BCUT2D eigenvalue weighted by Gasteiger charge is 2.15. The largest absolute Gasteiger partial charge is 0.419 e. The van der Waals surface area contributed by atoms with Crippen molar-refractivity contribution in [2.75, 3.05) is 0 Å². The highest BCUT2D eigenvalue weighted by atomic mass is 32.1. The summed E-state index contributed by atoms with van der Waals surface area (Å²) in [5.74, 6) is 0.573. The second-order valence-electron chi connectivity index (χ2n) is 4.97. The molecule has 1 aromatic carbocycles. The molecule has 0 aliphatic carbocycles. The number of thiophene rings is 1. The molecule has 0 saturated carbocycles. The normalized spacial score (nSPS) is 11.4. The zero-order valence-electron chi connectivity index (χ0n) is 11.9. The molecule has 0 aliphatic rings. The second-order valence-corrected chi connectivity index (χ2v) is 5.88. The second kappa shape index (κ2) is 4.67. The molecule has 3 heterocycles. The van der Waals surface area contributed by atoms with Crippen molar-refractivity contribution >= 4 is 22.4 Å². The highest BCUT2D eigenvalue weighted by Crippen LogP contribution is 2.30. The van der Waals surface area contributed by atoms with E-state index < -0.39 is 5.76 Å². The van der Waals surface area contributed by atoms with Gasteiger partial charge in [-0.05, 0) is 42.1 Å². The third kappa shape index (κ3) is 1.90. The van der Waals surface area contributed by atoms with Crippen molar-refractivity contribution in [1.29, 1.82) is 0 Å². The Morgan fingerprint density at radius 1 is 1.27 bits per heavy atom. The SMILES string of the molecule is Cc1ccsc1-c1nc(-c2ccc3c(c2)oc(=O)n3C)no1. The maximum atomic E-state index is 11.5. The lowest BCUT2D eigenvalue weighted by molar-refractivity contribution is 0.433. The first kappa shape index (κ1) is 13.0. The van der Waals surface area contributed by atoms with Crippen molar-refractivity contribution in [2.45, 2.75) is 6.92 Å². The van der Waals surface area contributed by atoms with E-state index in [1.807, 2.05) is 30.5 Å². The Labute approximate surface area is 128 Å². The fourth-order valence-corrected chi connectivity index (χ4v) is 3.14. The molecule has 4 aromatic rings. The molecule has 0 N–H and O–H groups in total. The van der Waals surface area contributed by atoms with Crippen LogP contribution in [0.5, 0.6) is 0 Å². The lowest BCUT2D eigenvalue weighted by Gasteiger charge is -1.95. The minimum Gasteiger partial charge on any atom is -0.408 e. The Bertz CT molecular complexity index is 1040. The maximum absolute atomic E-state index is 11.5. The zero-order chi connectivity index (χ0) is 15.3. The third-order valence-electron chi connectivity index (χ3n) is 3.53. The van der Waals surface area contributed by atoms with Crippen molar-refractivity contribution in [3.05, 3.63) is 45.8 Å². The van der Waals surface area contributed by atoms with Crippen LogP contribution in [0, 0.1) is 6.92 Å². The number of hydrogen-bond donors (Lipinski definition) is 0. The van der Waals surface area contributed by atoms with E-state index in [1.165, 1.54) is 4.57 Å². The molecule has 0 unspecified atom stereocenters. The maximum Gasteiger partial charge on any atom is 0.419 e. The van der Waals surface area contributed by atoms with Gasteiger partial charge in [-0.15, -0.1) is 11.3 Å². The fourth-order valence-electron chi connectivity index (χ4n) is 2.30. The first-order chi connectivity index (χ1) is 10.6. The highest BCUT2D eigenvalue weighted by molar-refractivity contribution is 7.13. The summed E-state index contributed by atoms with van der Waals surface area (Å²) in [4.78, 5) is 16.9. The Kier molecular flexibility index (Phi) is 2.77. The van der Waals surface area contributed by atoms with Gasteiger partial charge in [0.25, 0.3) is 5.89 Å². The number of nitrogens with zero attached hydrogens (tertiary/aromatic N) is 3. The summed E-state index contributed by atoms with van der Waals surface area (Å²) in [6.07, 6.45) is 0. The van der Waals surface area contributed by atoms with Crippen molar-refractivity contribution < 1.29 is 8.94 Å². The molecule has 0 radical (unpaired) electrons. The van der Waals surface area contributed by atoms with Crippen molar-refractivity contribution in [1.82, 2.24) is 14.7 Å². The molecule has 6 nitrogen and oxygen atoms in total. The van der Waals surface area contributed by atoms with Gasteiger partial charge in [0, 0.05) is 12.6 Å². The number of aryl methyl sites for hydroxylation is 2. The molecule has 22 heavy (non-hydrogen) atoms. The molecular formula is C15H11N3O3S. The number of aromatic nitrogens is 3. The van der Waals surface area contributed by atoms with E-state index in [0.717, 1.165) is 21.5 Å². The fraction of sp³-hybridized carbons (Fsp3) is 0.133. The molecule has 0 aliphatic heterocycles. The molecule has 0 spiro atoms. The average Bonchev–Trinajstić information content (AvgIpc) is 3.19. The molecular weight excluding hydrogens is 302 g/mol. The van der Waals surface area contributed by atoms with Gasteiger partial charge in [0.1, 0.15) is 0 Å². The summed E-state index contributed by atoms with van der Waals surface area (Å²) in [6.45, 7) is 2.00. The van der Waals surface area contributed by atoms with Gasteiger partial charge in [0.05, 0.1) is 10.4 Å². The van der Waals surface area contributed by atoms with Crippen molar-refractivity contribution in [3.8, 4) is 22.2 Å². The number of fused-ring (bicyclic) bond motifs is 1. The van der Waals surface area contributed by atoms with Gasteiger partial charge in [-0.1, -0.05) is 5.16 Å². The summed E-state index contributed by atoms with van der Waals surface area (Å²) in [5, 5.41) is 6.00. The first-order valence-corrected chi connectivity index (χ1v) is 7.49. The van der Waals surface area contributed by atoms with Gasteiger partial charge in [0.2, 0.25) is 5.82 Å². The molecule has 0 fully saturated rings. The molecule has 0 atom stereocenters. The Balaban J connectivity index is 1.81. The standard InChI is InChI=1S/C15H11N3O3S/c1-8-5-6-22-12(8)14-16-13(17-21-14)9-3-4-10-11(7-9)20-15(19)18(10)2/h3-7H,1-2H3. The average molecular weight is 313 g/mol. The third-order valence-corrected chi connectivity index (χ3v) is 4.54. The molecule has 0 bridgehead atoms. The van der Waals surface area contributed by atoms with Crippen LogP contribution in [0.4, 0.5) is 0 Å². The monoisotopic (exact) mass is 313 g/mol. The smallest absolute Gasteiger partial charge is 0.408 e. The minimum atomic E-state index is -0.393. The number of rotatable bonds is 2. The predicted molar refractivity (Wildman–Crippen MR) is 82.8 cm³/mol. The molecule has 4 rings (SSSR count). The van der Waals surface area contributed by atoms with Gasteiger partial charge < -0.3 is 8.94 Å². The van der Waals surface area contributed by atoms with Crippen LogP contribution in [-0.4, -0.2) is 14.7 Å². The number of benzene rings is 1. The van der Waals surface area contributed by atoms with Crippen LogP contribution in [0.1, 0.15) is 5.56 Å². The van der Waals surface area contributed by atoms with Crippen molar-refractivity contribution in [3.63, 3.8) is 0 Å². The van der Waals surface area contributed by atoms with E-state index in [0.29, 0.717) is 17.3 Å². The van der Waals surface area contributed by atoms with E-state index in [4.69, 9.17) is 8.94 Å². The van der Waals surface area contributed by atoms with Crippen LogP contribution in [0.15, 0.2) is 43.4 Å². The quantitative estimate of drug-likeness (QED) is 0.568. The minimum absolute atomic E-state index is 0.393. The van der Waals surface area contributed by atoms with E-state index in [2.05, 4.69) is 10.1 Å². The van der Waals surface area contributed by atoms with Crippen LogP contribution >= 0.6 is 11.3 Å². The molecule has 0 amide bonds. The van der Waals surface area contributed by atoms with Crippen LogP contribution in [0.3, 0.4) is 0 Å². The Morgan fingerprint density at radius 3 is 2.91 bits per heavy atom. The zero-order valence-corrected chi connectivity index (χ0v) is 12.7. The lowest BCUT2D eigenvalue weighted by Crippen LogP contribution is -2.08. The topological polar surface area (TPSA) is 74.1 Å². The summed E-state index contributed by atoms with van der Waals surface area (Å²) >= 11 is 1.56. The number of oxazole rings is 1. The van der Waals surface area contributed by atoms with E-state index in [-0.39, 0.29) is 0 Å². The van der Waals surface area contributed by atoms with Gasteiger partial charge >= 0.3 is 5.76 Å². The summed E-state index contributed by atoms with van der Waals surface area (Å²) in [6, 6.07) is 7.40. The predicted octanol–water partition coefficient (Wildman–Crippen LogP) is 3.22. The van der Waals surface area contributed by atoms with E-state index >= 15 is 0 Å². The van der Waals surface area contributed by atoms with Gasteiger partial charge in [-0.3, -0.25) is 4.57 Å². The molecule has 7 heteroatoms. The van der Waals surface area contributed by atoms with Gasteiger partial charge in [0.15, 0.2) is 5.58 Å². The Hall–Kier alpha value is -2.67. The first-order valence-electron chi connectivity index (χ1n) is 6.61. The van der Waals surface area contributed by atoms with Crippen LogP contribution in [0.2, 0.25) is 0 Å². The van der Waals surface area contributed by atoms with E-state index in [1.54, 1.807) is 24.5 Å². The molecule has 110 valence electrons. The van der Waals surface area contributed by atoms with Crippen molar-refractivity contribution in [2.24, 2.45) is 7.05 Å². The van der Waals surface area contributed by atoms with Gasteiger partial charge in [-0.25, -0.2) is 4.79 Å². The Morgan fingerprint density at radius 2 is 2.14 bits per heavy atom. The van der Waals surface area contributed by atoms with Crippen LogP contribution < -0.4 is 5.76 Å². The lowest BCUT2D eigenvalue weighted by atomic mass is 10.2. The van der Waals surface area contributed by atoms with E-state index in [9.17, 15) is 4.79 Å². The molecule has 3 aromatic heterocycles. The summed E-state index contributed by atoms with van der Waals surface area (Å²) in [7, 11) is 1.67.